The van der Waals surface area contributed by atoms with Crippen molar-refractivity contribution in [2.24, 2.45) is 5.92 Å². The van der Waals surface area contributed by atoms with E-state index >= 15 is 0 Å². The Morgan fingerprint density at radius 2 is 1.60 bits per heavy atom. The average Bonchev–Trinajstić information content (AvgIpc) is 3.69. The quantitative estimate of drug-likeness (QED) is 0.205. The molecule has 212 valence electrons. The summed E-state index contributed by atoms with van der Waals surface area (Å²) < 4.78 is 8.92. The Kier molecular flexibility index (Phi) is 5.18. The molecule has 0 bridgehead atoms. The smallest absolute Gasteiger partial charge is 0.140 e. The van der Waals surface area contributed by atoms with Crippen LogP contribution in [-0.2, 0) is 5.41 Å². The number of rotatable bonds is 2. The minimum absolute atomic E-state index is 0.168. The minimum Gasteiger partial charge on any atom is -0.456 e. The van der Waals surface area contributed by atoms with Crippen LogP contribution in [0.4, 0.5) is 0 Å². The van der Waals surface area contributed by atoms with Crippen molar-refractivity contribution < 1.29 is 4.42 Å². The molecule has 0 spiro atoms. The van der Waals surface area contributed by atoms with Crippen molar-refractivity contribution in [3.63, 3.8) is 0 Å². The monoisotopic (exact) mass is 577 g/mol. The van der Waals surface area contributed by atoms with Gasteiger partial charge in [-0.1, -0.05) is 74.5 Å². The predicted molar refractivity (Wildman–Crippen MR) is 181 cm³/mol. The summed E-state index contributed by atoms with van der Waals surface area (Å²) in [7, 11) is 0. The summed E-state index contributed by atoms with van der Waals surface area (Å²) in [5.74, 6) is -0.233. The van der Waals surface area contributed by atoms with E-state index in [-0.39, 0.29) is 11.3 Å². The van der Waals surface area contributed by atoms with Gasteiger partial charge in [0.25, 0.3) is 0 Å². The zero-order chi connectivity index (χ0) is 30.4. The van der Waals surface area contributed by atoms with Crippen molar-refractivity contribution in [2.45, 2.75) is 25.7 Å². The fraction of sp³-hybridized carbons (Fsp3) is 0.122. The Balaban J connectivity index is 1.26. The van der Waals surface area contributed by atoms with Crippen molar-refractivity contribution in [3.8, 4) is 23.3 Å². The molecular weight excluding hydrogens is 550 g/mol. The summed E-state index contributed by atoms with van der Waals surface area (Å²) in [6.07, 6.45) is 4.95. The van der Waals surface area contributed by atoms with Gasteiger partial charge in [-0.3, -0.25) is 0 Å². The van der Waals surface area contributed by atoms with E-state index < -0.39 is 0 Å². The summed E-state index contributed by atoms with van der Waals surface area (Å²) in [4.78, 5) is 0. The maximum absolute atomic E-state index is 9.99. The fourth-order valence-electron chi connectivity index (χ4n) is 7.80. The van der Waals surface area contributed by atoms with Crippen LogP contribution in [0.1, 0.15) is 42.5 Å². The largest absolute Gasteiger partial charge is 0.456 e. The third-order valence-electron chi connectivity index (χ3n) is 9.89. The summed E-state index contributed by atoms with van der Waals surface area (Å²) in [6, 6.07) is 38.5. The molecule has 0 fully saturated rings. The van der Waals surface area contributed by atoms with Gasteiger partial charge in [-0.05, 0) is 77.2 Å². The van der Waals surface area contributed by atoms with Crippen LogP contribution < -0.4 is 0 Å². The van der Waals surface area contributed by atoms with Gasteiger partial charge in [0, 0.05) is 38.1 Å². The Morgan fingerprint density at radius 1 is 0.778 bits per heavy atom. The molecule has 0 radical (unpaired) electrons. The topological polar surface area (TPSA) is 65.7 Å². The molecule has 2 heterocycles. The Labute approximate surface area is 260 Å². The lowest BCUT2D eigenvalue weighted by Gasteiger charge is -2.22. The van der Waals surface area contributed by atoms with Crippen LogP contribution in [0.3, 0.4) is 0 Å². The average molecular weight is 578 g/mol. The number of fused-ring (bicyclic) bond motifs is 10. The second-order valence-electron chi connectivity index (χ2n) is 12.7. The summed E-state index contributed by atoms with van der Waals surface area (Å²) in [5, 5.41) is 23.9. The third-order valence-corrected chi connectivity index (χ3v) is 9.89. The number of benzene rings is 5. The fourth-order valence-corrected chi connectivity index (χ4v) is 7.80. The molecule has 2 aliphatic rings. The van der Waals surface area contributed by atoms with E-state index in [0.29, 0.717) is 12.0 Å². The molecule has 5 aromatic carbocycles. The molecule has 1 atom stereocenters. The first kappa shape index (κ1) is 25.6. The first-order chi connectivity index (χ1) is 22.0. The summed E-state index contributed by atoms with van der Waals surface area (Å²) >= 11 is 0. The standard InChI is InChI=1S/C41H27N3O/c1-41(2)34-9-5-3-7-28(34)30-15-16-31-33-21-26(13-18-38(33)45-40(31)39(30)41)27-14-11-25(23-43)20-37(27)44-35-10-6-4-8-29(35)32-19-24(22-42)12-17-36(32)44/h3-10,12-21,25H,11H2,1-2H3. The second-order valence-corrected chi connectivity index (χ2v) is 12.7. The van der Waals surface area contributed by atoms with Crippen molar-refractivity contribution in [3.05, 3.63) is 131 Å². The van der Waals surface area contributed by atoms with Crippen LogP contribution >= 0.6 is 0 Å². The lowest BCUT2D eigenvalue weighted by molar-refractivity contribution is 0.620. The van der Waals surface area contributed by atoms with Crippen LogP contribution in [0.15, 0.2) is 114 Å². The van der Waals surface area contributed by atoms with E-state index in [0.717, 1.165) is 60.6 Å². The van der Waals surface area contributed by atoms with Gasteiger partial charge >= 0.3 is 0 Å². The first-order valence-corrected chi connectivity index (χ1v) is 15.3. The van der Waals surface area contributed by atoms with Gasteiger partial charge in [0.15, 0.2) is 0 Å². The van der Waals surface area contributed by atoms with E-state index in [1.54, 1.807) is 0 Å². The van der Waals surface area contributed by atoms with Crippen molar-refractivity contribution >= 4 is 55.0 Å². The van der Waals surface area contributed by atoms with Gasteiger partial charge in [0.2, 0.25) is 0 Å². The molecular formula is C41H27N3O. The number of aromatic nitrogens is 1. The van der Waals surface area contributed by atoms with Gasteiger partial charge < -0.3 is 8.98 Å². The van der Waals surface area contributed by atoms with Gasteiger partial charge in [-0.2, -0.15) is 10.5 Å². The van der Waals surface area contributed by atoms with Gasteiger partial charge in [0.1, 0.15) is 11.2 Å². The van der Waals surface area contributed by atoms with Gasteiger partial charge in [-0.15, -0.1) is 0 Å². The molecule has 0 N–H and O–H groups in total. The Morgan fingerprint density at radius 3 is 2.47 bits per heavy atom. The van der Waals surface area contributed by atoms with E-state index in [9.17, 15) is 10.5 Å². The zero-order valence-corrected chi connectivity index (χ0v) is 24.9. The highest BCUT2D eigenvalue weighted by Gasteiger charge is 2.38. The third kappa shape index (κ3) is 3.46. The molecule has 45 heavy (non-hydrogen) atoms. The molecule has 1 unspecified atom stereocenters. The lowest BCUT2D eigenvalue weighted by Crippen LogP contribution is -2.15. The lowest BCUT2D eigenvalue weighted by atomic mass is 9.82. The molecule has 0 amide bonds. The molecule has 2 aliphatic carbocycles. The van der Waals surface area contributed by atoms with Crippen LogP contribution in [0.25, 0.3) is 66.1 Å². The minimum atomic E-state index is -0.233. The van der Waals surface area contributed by atoms with Crippen LogP contribution in [-0.4, -0.2) is 4.57 Å². The molecule has 2 aromatic heterocycles. The number of hydrogen-bond acceptors (Lipinski definition) is 3. The molecule has 7 aromatic rings. The number of nitrogens with zero attached hydrogens (tertiary/aromatic N) is 3. The molecule has 0 aliphatic heterocycles. The van der Waals surface area contributed by atoms with Crippen molar-refractivity contribution in [1.82, 2.24) is 4.57 Å². The normalized spacial score (nSPS) is 16.8. The van der Waals surface area contributed by atoms with E-state index in [4.69, 9.17) is 4.42 Å². The van der Waals surface area contributed by atoms with E-state index in [1.807, 2.05) is 30.3 Å². The Bertz CT molecular complexity index is 2570. The summed E-state index contributed by atoms with van der Waals surface area (Å²) in [5.41, 5.74) is 12.6. The number of nitriles is 2. The van der Waals surface area contributed by atoms with Crippen LogP contribution in [0, 0.1) is 28.6 Å². The van der Waals surface area contributed by atoms with E-state index in [1.165, 1.54) is 22.3 Å². The molecule has 0 saturated carbocycles. The predicted octanol–water partition coefficient (Wildman–Crippen LogP) is 10.3. The maximum Gasteiger partial charge on any atom is 0.140 e. The SMILES string of the molecule is CC1(C)c2ccccc2-c2ccc3c(oc4ccc(C5=CCC(C#N)C=C5n5c6ccccc6c6cc(C#N)ccc65)cc43)c21. The Hall–Kier alpha value is -5.84. The highest BCUT2D eigenvalue weighted by Crippen LogP contribution is 2.52. The maximum atomic E-state index is 9.99. The van der Waals surface area contributed by atoms with Crippen LogP contribution in [0.5, 0.6) is 0 Å². The summed E-state index contributed by atoms with van der Waals surface area (Å²) in [6.45, 7) is 4.58. The van der Waals surface area contributed by atoms with Gasteiger partial charge in [0.05, 0.1) is 40.4 Å². The highest BCUT2D eigenvalue weighted by molar-refractivity contribution is 6.16. The molecule has 4 heteroatoms. The first-order valence-electron chi connectivity index (χ1n) is 15.3. The molecule has 9 rings (SSSR count). The van der Waals surface area contributed by atoms with E-state index in [2.05, 4.69) is 109 Å². The van der Waals surface area contributed by atoms with Crippen LogP contribution in [0.2, 0.25) is 0 Å². The second kappa shape index (κ2) is 9.08. The number of para-hydroxylation sites is 1. The van der Waals surface area contributed by atoms with Gasteiger partial charge in [-0.25, -0.2) is 0 Å². The molecule has 4 nitrogen and oxygen atoms in total. The molecule has 0 saturated heterocycles. The zero-order valence-electron chi connectivity index (χ0n) is 24.9. The number of furan rings is 1. The van der Waals surface area contributed by atoms with Crippen molar-refractivity contribution in [2.75, 3.05) is 0 Å². The van der Waals surface area contributed by atoms with Crippen molar-refractivity contribution in [1.29, 1.82) is 10.5 Å². The number of hydrogen-bond donors (Lipinski definition) is 0. The highest BCUT2D eigenvalue weighted by atomic mass is 16.3. The number of allylic oxidation sites excluding steroid dienone is 4.